The number of rotatable bonds is 16. The van der Waals surface area contributed by atoms with Crippen molar-refractivity contribution in [1.82, 2.24) is 19.4 Å². The molecule has 2 aliphatic heterocycles. The first kappa shape index (κ1) is 43.2. The van der Waals surface area contributed by atoms with E-state index >= 15 is 0 Å². The maximum absolute atomic E-state index is 14.9. The van der Waals surface area contributed by atoms with Gasteiger partial charge in [-0.25, -0.2) is 30.3 Å². The van der Waals surface area contributed by atoms with Crippen LogP contribution in [0.5, 0.6) is 0 Å². The standard InChI is InChI=1S/C51H60ClF5N6O5S3/c1-48(2,3)63-29-25-60(26-30-63)22-20-40(34-69-42-7-5-4-6-8-42)58-45-18-17-43(31-46(45)70(65,66)51(55,56)57)71(67,68)59-47(64)37-11-15-41(16-12-37)62-27-23-61(24-28-62)33-38-32-49(35-50(49,53)54)21-19-44(38)36-9-13-39(52)14-10-36/h4-18,31,40,58H,19-30,32-35H2,1-3H3,(H,59,64)/i23D2,24D2,27D2,28D2. The zero-order valence-electron chi connectivity index (χ0n) is 47.1. The molecule has 2 atom stereocenters. The lowest BCUT2D eigenvalue weighted by molar-refractivity contribution is -0.0436. The van der Waals surface area contributed by atoms with E-state index in [1.165, 1.54) is 11.8 Å². The number of sulfonamides is 1. The van der Waals surface area contributed by atoms with Crippen molar-refractivity contribution in [2.24, 2.45) is 5.41 Å². The van der Waals surface area contributed by atoms with E-state index in [4.69, 9.17) is 22.6 Å². The summed E-state index contributed by atoms with van der Waals surface area (Å²) in [4.78, 5) is 17.1. The van der Waals surface area contributed by atoms with Gasteiger partial charge in [0.15, 0.2) is 0 Å². The van der Waals surface area contributed by atoms with Gasteiger partial charge in [-0.15, -0.1) is 11.8 Å². The number of halogens is 6. The number of hydrogen-bond donors (Lipinski definition) is 2. The fraction of sp³-hybridized carbons (Fsp3) is 0.471. The van der Waals surface area contributed by atoms with Crippen molar-refractivity contribution in [1.29, 1.82) is 0 Å². The summed E-state index contributed by atoms with van der Waals surface area (Å²) in [6.45, 7) is -4.65. The van der Waals surface area contributed by atoms with E-state index in [9.17, 15) is 43.6 Å². The molecule has 0 bridgehead atoms. The minimum absolute atomic E-state index is 0.0470. The number of carbonyl (C=O) groups is 1. The first-order chi connectivity index (χ1) is 36.4. The van der Waals surface area contributed by atoms with Gasteiger partial charge >= 0.3 is 5.51 Å². The number of sulfone groups is 1. The number of anilines is 2. The van der Waals surface area contributed by atoms with Gasteiger partial charge in [0.2, 0.25) is 0 Å². The van der Waals surface area contributed by atoms with Gasteiger partial charge in [0.25, 0.3) is 31.7 Å². The molecular weight excluding hydrogens is 1000 g/mol. The molecule has 4 aromatic carbocycles. The number of benzene rings is 4. The number of nitrogens with zero attached hydrogens (tertiary/aromatic N) is 4. The highest BCUT2D eigenvalue weighted by molar-refractivity contribution is 7.99. The van der Waals surface area contributed by atoms with Crippen LogP contribution in [0.25, 0.3) is 5.57 Å². The van der Waals surface area contributed by atoms with Crippen LogP contribution in [0.15, 0.2) is 117 Å². The van der Waals surface area contributed by atoms with E-state index in [2.05, 4.69) is 35.9 Å². The molecule has 384 valence electrons. The second-order valence-electron chi connectivity index (χ2n) is 19.1. The van der Waals surface area contributed by atoms with Crippen LogP contribution in [0, 0.1) is 5.41 Å². The van der Waals surface area contributed by atoms with E-state index in [0.717, 1.165) is 67.5 Å². The first-order valence-corrected chi connectivity index (χ1v) is 27.3. The minimum Gasteiger partial charge on any atom is -0.380 e. The normalized spacial score (nSPS) is 25.6. The minimum atomic E-state index is -6.24. The highest BCUT2D eigenvalue weighted by Crippen LogP contribution is 2.68. The Morgan fingerprint density at radius 3 is 2.11 bits per heavy atom. The average molecular weight is 1070 g/mol. The summed E-state index contributed by atoms with van der Waals surface area (Å²) in [5, 5.41) is 3.32. The van der Waals surface area contributed by atoms with Gasteiger partial charge < -0.3 is 15.1 Å². The molecule has 2 unspecified atom stereocenters. The summed E-state index contributed by atoms with van der Waals surface area (Å²) in [5.41, 5.74) is -7.79. The lowest BCUT2D eigenvalue weighted by atomic mass is 9.78. The first-order valence-electron chi connectivity index (χ1n) is 26.9. The third-order valence-corrected chi connectivity index (χ3v) is 17.6. The molecule has 0 radical (unpaired) electrons. The quantitative estimate of drug-likeness (QED) is 0.0824. The van der Waals surface area contributed by atoms with Gasteiger partial charge in [0, 0.05) is 121 Å². The van der Waals surface area contributed by atoms with E-state index < -0.39 is 114 Å². The molecule has 4 aliphatic rings. The highest BCUT2D eigenvalue weighted by atomic mass is 35.5. The third kappa shape index (κ3) is 12.4. The van der Waals surface area contributed by atoms with Crippen LogP contribution < -0.4 is 14.9 Å². The van der Waals surface area contributed by atoms with Crippen molar-refractivity contribution in [3.63, 3.8) is 0 Å². The summed E-state index contributed by atoms with van der Waals surface area (Å²) in [5.74, 6) is -4.21. The number of allylic oxidation sites excluding steroid dienone is 1. The van der Waals surface area contributed by atoms with Crippen molar-refractivity contribution >= 4 is 66.1 Å². The number of carbonyl (C=O) groups excluding carboxylic acids is 1. The van der Waals surface area contributed by atoms with Gasteiger partial charge in [-0.1, -0.05) is 47.5 Å². The lowest BCUT2D eigenvalue weighted by Gasteiger charge is -2.42. The molecule has 1 spiro atoms. The van der Waals surface area contributed by atoms with E-state index in [1.807, 2.05) is 30.3 Å². The Morgan fingerprint density at radius 1 is 0.859 bits per heavy atom. The molecule has 11 nitrogen and oxygen atoms in total. The fourth-order valence-electron chi connectivity index (χ4n) is 9.06. The van der Waals surface area contributed by atoms with Crippen LogP contribution >= 0.6 is 23.4 Å². The molecule has 8 rings (SSSR count). The molecule has 1 amide bonds. The Morgan fingerprint density at radius 2 is 1.51 bits per heavy atom. The van der Waals surface area contributed by atoms with Crippen molar-refractivity contribution in [3.8, 4) is 0 Å². The van der Waals surface area contributed by atoms with E-state index in [0.29, 0.717) is 40.1 Å². The molecule has 2 N–H and O–H groups in total. The largest absolute Gasteiger partial charge is 0.501 e. The second-order valence-corrected chi connectivity index (χ2v) is 24.3. The maximum atomic E-state index is 14.9. The van der Waals surface area contributed by atoms with Crippen molar-refractivity contribution in [2.45, 2.75) is 90.6 Å². The number of nitrogens with one attached hydrogen (secondary N) is 2. The van der Waals surface area contributed by atoms with Crippen molar-refractivity contribution in [2.75, 3.05) is 81.2 Å². The van der Waals surface area contributed by atoms with Crippen LogP contribution in [0.3, 0.4) is 0 Å². The predicted octanol–water partition coefficient (Wildman–Crippen LogP) is 9.92. The van der Waals surface area contributed by atoms with Crippen molar-refractivity contribution < 1.29 is 54.5 Å². The lowest BCUT2D eigenvalue weighted by Crippen LogP contribution is -2.53. The van der Waals surface area contributed by atoms with E-state index in [-0.39, 0.29) is 41.0 Å². The molecular formula is C51H60ClF5N6O5S3. The van der Waals surface area contributed by atoms with Gasteiger partial charge in [0.05, 0.1) is 16.1 Å². The molecule has 2 heterocycles. The number of amides is 1. The average Bonchev–Trinajstić information content (AvgIpc) is 4.04. The summed E-state index contributed by atoms with van der Waals surface area (Å²) in [7, 11) is -11.4. The maximum Gasteiger partial charge on any atom is 0.501 e. The predicted molar refractivity (Wildman–Crippen MR) is 271 cm³/mol. The van der Waals surface area contributed by atoms with Crippen LogP contribution in [0.2, 0.25) is 5.02 Å². The second kappa shape index (κ2) is 20.9. The van der Waals surface area contributed by atoms with Gasteiger partial charge in [0.1, 0.15) is 4.90 Å². The van der Waals surface area contributed by atoms with Crippen LogP contribution in [0.1, 0.15) is 79.8 Å². The topological polar surface area (TPSA) is 122 Å². The molecule has 20 heteroatoms. The SMILES string of the molecule is [2H]C1([2H])N(CC2=C(c3ccc(Cl)cc3)CCC3(C2)CC3(F)F)C([2H])([2H])C([2H])([2H])N(c2ccc(C(=O)NS(=O)(=O)c3ccc(NC(CCN4CCN(C(C)(C)C)CC4)CSc4ccccc4)c(S(=O)(=O)C(F)(F)F)c3)cc2)C1([2H])[2H]. The van der Waals surface area contributed by atoms with Crippen LogP contribution in [-0.2, 0) is 19.9 Å². The van der Waals surface area contributed by atoms with E-state index in [1.54, 1.807) is 29.0 Å². The van der Waals surface area contributed by atoms with Crippen LogP contribution in [0.4, 0.5) is 33.3 Å². The summed E-state index contributed by atoms with van der Waals surface area (Å²) >= 11 is 7.48. The molecule has 2 aliphatic carbocycles. The van der Waals surface area contributed by atoms with Gasteiger partial charge in [-0.3, -0.25) is 14.6 Å². The Kier molecular flexibility index (Phi) is 12.7. The molecule has 3 fully saturated rings. The Balaban J connectivity index is 1.03. The third-order valence-electron chi connectivity index (χ3n) is 13.3. The highest BCUT2D eigenvalue weighted by Gasteiger charge is 2.70. The zero-order chi connectivity index (χ0) is 58.2. The zero-order valence-corrected chi connectivity index (χ0v) is 42.3. The fourth-order valence-corrected chi connectivity index (χ4v) is 12.2. The smallest absolute Gasteiger partial charge is 0.380 e. The number of hydrogen-bond acceptors (Lipinski definition) is 11. The van der Waals surface area contributed by atoms with Crippen molar-refractivity contribution in [3.05, 3.63) is 119 Å². The number of alkyl halides is 5. The molecule has 4 aromatic rings. The van der Waals surface area contributed by atoms with Crippen LogP contribution in [-0.4, -0.2) is 131 Å². The molecule has 1 saturated carbocycles. The molecule has 71 heavy (non-hydrogen) atoms. The van der Waals surface area contributed by atoms with Gasteiger partial charge in [-0.05, 0) is 124 Å². The monoisotopic (exact) mass is 1070 g/mol. The number of thioether (sulfide) groups is 1. The Labute approximate surface area is 434 Å². The summed E-state index contributed by atoms with van der Waals surface area (Å²) < 4.78 is 201. The Hall–Kier alpha value is -4.24. The summed E-state index contributed by atoms with van der Waals surface area (Å²) in [6.07, 6.45) is -0.229. The number of piperazine rings is 2. The summed E-state index contributed by atoms with van der Waals surface area (Å²) in [6, 6.07) is 20.4. The molecule has 2 saturated heterocycles. The van der Waals surface area contributed by atoms with Gasteiger partial charge in [-0.2, -0.15) is 13.2 Å². The Bertz CT molecular complexity index is 3170. The molecule has 0 aromatic heterocycles.